The van der Waals surface area contributed by atoms with E-state index in [1.165, 1.54) is 6.08 Å². The Kier molecular flexibility index (Phi) is 15.5. The first-order valence-corrected chi connectivity index (χ1v) is 9.41. The number of rotatable bonds is 0. The fraction of sp³-hybridized carbons (Fsp3) is 0.357. The van der Waals surface area contributed by atoms with Crippen molar-refractivity contribution in [3.8, 4) is 11.5 Å². The lowest BCUT2D eigenvalue weighted by molar-refractivity contribution is -0.115. The Labute approximate surface area is 195 Å². The summed E-state index contributed by atoms with van der Waals surface area (Å²) < 4.78 is 0. The molecule has 0 radical (unpaired) electrons. The predicted molar refractivity (Wildman–Crippen MR) is 137 cm³/mol. The molecule has 178 valence electrons. The average molecular weight is 443 g/mol. The van der Waals surface area contributed by atoms with Gasteiger partial charge in [-0.15, -0.1) is 0 Å². The van der Waals surface area contributed by atoms with Gasteiger partial charge >= 0.3 is 0 Å². The summed E-state index contributed by atoms with van der Waals surface area (Å²) in [5.74, 6) is 0.715. The zero-order valence-corrected chi connectivity index (χ0v) is 18.3. The fourth-order valence-electron chi connectivity index (χ4n) is 2.59. The van der Waals surface area contributed by atoms with Crippen molar-refractivity contribution < 1.29 is 19.8 Å². The van der Waals surface area contributed by atoms with E-state index >= 15 is 0 Å². The number of phenols is 2. The lowest BCUT2D eigenvalue weighted by Crippen LogP contribution is -2.14. The molecule has 3 rings (SSSR count). The number of carbonyl (C=O) groups is 2. The van der Waals surface area contributed by atoms with Crippen LogP contribution in [-0.4, -0.2) is 21.8 Å². The lowest BCUT2D eigenvalue weighted by atomic mass is 9.92. The second kappa shape index (κ2) is 14.8. The topological polar surface area (TPSA) is 74.6 Å². The van der Waals surface area contributed by atoms with Gasteiger partial charge in [0, 0.05) is 16.7 Å². The van der Waals surface area contributed by atoms with Crippen LogP contribution in [0.3, 0.4) is 0 Å². The Morgan fingerprint density at radius 2 is 1.22 bits per heavy atom. The number of aryl methyl sites for hydroxylation is 3. The summed E-state index contributed by atoms with van der Waals surface area (Å²) in [7, 11) is 0. The number of hydrogen-bond donors (Lipinski definition) is 2. The first-order chi connectivity index (χ1) is 13.5. The molecule has 0 heterocycles. The van der Waals surface area contributed by atoms with Gasteiger partial charge in [-0.3, -0.25) is 9.59 Å². The van der Waals surface area contributed by atoms with Crippen LogP contribution in [0.5, 0.6) is 11.5 Å². The monoisotopic (exact) mass is 442 g/mol. The number of Topliss-reactive ketones (excluding diaryl/α,β-unsaturated/α-hetero) is 1. The molecule has 0 aliphatic heterocycles. The van der Waals surface area contributed by atoms with Crippen LogP contribution in [0.25, 0.3) is 0 Å². The molecule has 4 nitrogen and oxygen atoms in total. The molecule has 0 spiro atoms. The summed E-state index contributed by atoms with van der Waals surface area (Å²) in [4.78, 5) is 22.3. The summed E-state index contributed by atoms with van der Waals surface area (Å²) in [6.45, 7) is 12.8. The number of hydrogen-bond acceptors (Lipinski definition) is 4. The highest BCUT2D eigenvalue weighted by Crippen LogP contribution is 2.23. The van der Waals surface area contributed by atoms with Gasteiger partial charge in [0.2, 0.25) is 0 Å². The van der Waals surface area contributed by atoms with Gasteiger partial charge in [-0.25, -0.2) is 0 Å². The van der Waals surface area contributed by atoms with Crippen LogP contribution in [0.2, 0.25) is 0 Å². The second-order valence-corrected chi connectivity index (χ2v) is 7.28. The molecule has 2 aromatic rings. The number of allylic oxidation sites excluding steroid dienone is 4. The summed E-state index contributed by atoms with van der Waals surface area (Å²) in [5.41, 5.74) is 5.85. The van der Waals surface area contributed by atoms with E-state index in [1.54, 1.807) is 32.9 Å². The predicted octanol–water partition coefficient (Wildman–Crippen LogP) is 7.35. The second-order valence-electron chi connectivity index (χ2n) is 7.28. The number of aromatic hydroxyl groups is 2. The van der Waals surface area contributed by atoms with E-state index in [0.717, 1.165) is 22.3 Å². The Morgan fingerprint density at radius 3 is 1.66 bits per heavy atom. The van der Waals surface area contributed by atoms with Crippen molar-refractivity contribution in [3.63, 3.8) is 0 Å². The maximum absolute atomic E-state index is 11.2. The summed E-state index contributed by atoms with van der Waals surface area (Å²) in [5, 5.41) is 18.2. The van der Waals surface area contributed by atoms with E-state index in [2.05, 4.69) is 0 Å². The van der Waals surface area contributed by atoms with E-state index in [4.69, 9.17) is 5.11 Å². The van der Waals surface area contributed by atoms with Crippen molar-refractivity contribution in [2.75, 3.05) is 0 Å². The normalized spacial score (nSPS) is 11.9. The van der Waals surface area contributed by atoms with E-state index in [-0.39, 0.29) is 33.8 Å². The minimum Gasteiger partial charge on any atom is -0.508 e. The van der Waals surface area contributed by atoms with Crippen molar-refractivity contribution in [1.29, 1.82) is 0 Å². The van der Waals surface area contributed by atoms with E-state index < -0.39 is 0 Å². The van der Waals surface area contributed by atoms with E-state index in [0.29, 0.717) is 28.2 Å². The average Bonchev–Trinajstić information content (AvgIpc) is 2.67. The first kappa shape index (κ1) is 33.5. The third-order valence-corrected chi connectivity index (χ3v) is 4.88. The van der Waals surface area contributed by atoms with Crippen molar-refractivity contribution in [3.05, 3.63) is 81.4 Å². The summed E-state index contributed by atoms with van der Waals surface area (Å²) in [6, 6.07) is 11.1. The molecule has 1 aliphatic rings. The van der Waals surface area contributed by atoms with Gasteiger partial charge in [-0.05, 0) is 88.9 Å². The van der Waals surface area contributed by atoms with Gasteiger partial charge in [0.25, 0.3) is 0 Å². The standard InChI is InChI=1S/C9H10O2.C9H12O.C7H8O.3CH4/c1-5-4-8(10)6(2)7(3)9(5)11;1-6-4-5-7(2)9(10)8(6)3;1-6-3-2-4-7(8)5-6;;;/h4H,1-3H3;4-5,10H,1-3H3;2-5,8H,1H3;3*1H4. The number of carbonyl (C=O) groups excluding carboxylic acids is 2. The molecule has 4 heteroatoms. The van der Waals surface area contributed by atoms with Crippen molar-refractivity contribution in [1.82, 2.24) is 0 Å². The zero-order valence-electron chi connectivity index (χ0n) is 18.3. The maximum atomic E-state index is 11.2. The third-order valence-electron chi connectivity index (χ3n) is 4.88. The highest BCUT2D eigenvalue weighted by molar-refractivity contribution is 6.21. The highest BCUT2D eigenvalue weighted by Gasteiger charge is 2.19. The molecule has 0 unspecified atom stereocenters. The van der Waals surface area contributed by atoms with Crippen LogP contribution >= 0.6 is 0 Å². The van der Waals surface area contributed by atoms with Crippen molar-refractivity contribution >= 4 is 11.6 Å². The van der Waals surface area contributed by atoms with Gasteiger partial charge in [0.1, 0.15) is 11.5 Å². The van der Waals surface area contributed by atoms with Crippen LogP contribution in [0.1, 0.15) is 65.3 Å². The van der Waals surface area contributed by atoms with Gasteiger partial charge in [0.15, 0.2) is 11.6 Å². The summed E-state index contributed by atoms with van der Waals surface area (Å²) in [6.07, 6.45) is 1.39. The van der Waals surface area contributed by atoms with Gasteiger partial charge in [-0.1, -0.05) is 46.5 Å². The molecule has 0 saturated heterocycles. The largest absolute Gasteiger partial charge is 0.508 e. The molecule has 0 fully saturated rings. The Balaban J connectivity index is -0.000000380. The van der Waals surface area contributed by atoms with Crippen LogP contribution in [0.4, 0.5) is 0 Å². The Bertz CT molecular complexity index is 935. The van der Waals surface area contributed by atoms with E-state index in [9.17, 15) is 14.7 Å². The zero-order chi connectivity index (χ0) is 22.3. The molecule has 0 bridgehead atoms. The molecular formula is C28H42O4. The Hall–Kier alpha value is -3.14. The molecule has 0 saturated carbocycles. The molecule has 0 aromatic heterocycles. The first-order valence-electron chi connectivity index (χ1n) is 9.41. The molecular weight excluding hydrogens is 400 g/mol. The quantitative estimate of drug-likeness (QED) is 0.418. The molecule has 0 amide bonds. The van der Waals surface area contributed by atoms with Crippen molar-refractivity contribution in [2.45, 2.75) is 70.7 Å². The summed E-state index contributed by atoms with van der Waals surface area (Å²) >= 11 is 0. The number of phenolic OH excluding ortho intramolecular Hbond substituents is 2. The highest BCUT2D eigenvalue weighted by atomic mass is 16.3. The maximum Gasteiger partial charge on any atom is 0.184 e. The number of benzene rings is 2. The van der Waals surface area contributed by atoms with Crippen LogP contribution in [-0.2, 0) is 9.59 Å². The van der Waals surface area contributed by atoms with Gasteiger partial charge in [-0.2, -0.15) is 0 Å². The molecule has 32 heavy (non-hydrogen) atoms. The van der Waals surface area contributed by atoms with Crippen LogP contribution < -0.4 is 0 Å². The van der Waals surface area contributed by atoms with Crippen LogP contribution in [0, 0.1) is 27.7 Å². The minimum atomic E-state index is -0.0420. The molecule has 1 aliphatic carbocycles. The molecule has 2 aromatic carbocycles. The van der Waals surface area contributed by atoms with Gasteiger partial charge in [0.05, 0.1) is 0 Å². The van der Waals surface area contributed by atoms with Crippen molar-refractivity contribution in [2.24, 2.45) is 0 Å². The van der Waals surface area contributed by atoms with E-state index in [1.807, 2.05) is 52.0 Å². The number of ketones is 2. The molecule has 0 atom stereocenters. The lowest BCUT2D eigenvalue weighted by Gasteiger charge is -2.09. The molecule has 2 N–H and O–H groups in total. The minimum absolute atomic E-state index is 0. The third kappa shape index (κ3) is 9.34. The fourth-order valence-corrected chi connectivity index (χ4v) is 2.59. The Morgan fingerprint density at radius 1 is 0.688 bits per heavy atom. The van der Waals surface area contributed by atoms with Gasteiger partial charge < -0.3 is 10.2 Å². The van der Waals surface area contributed by atoms with Crippen LogP contribution in [0.15, 0.2) is 59.2 Å². The SMILES string of the molecule is C.C.C.CC1=CC(=O)C(C)=C(C)C1=O.Cc1ccc(C)c(O)c1C.Cc1cccc(O)c1. The smallest absolute Gasteiger partial charge is 0.184 e.